The van der Waals surface area contributed by atoms with Gasteiger partial charge in [-0.2, -0.15) is 13.2 Å². The van der Waals surface area contributed by atoms with E-state index in [1.165, 1.54) is 4.90 Å². The fourth-order valence-electron chi connectivity index (χ4n) is 2.10. The number of rotatable bonds is 3. The summed E-state index contributed by atoms with van der Waals surface area (Å²) in [5.41, 5.74) is -1.37. The number of alkyl halides is 3. The SMILES string of the molecule is O=C(O)CC1(O)CCCN(CC(F)(F)F)CC1. The second-order valence-electron chi connectivity index (χ2n) is 4.54. The van der Waals surface area contributed by atoms with Gasteiger partial charge in [0.2, 0.25) is 0 Å². The summed E-state index contributed by atoms with van der Waals surface area (Å²) < 4.78 is 36.5. The predicted octanol–water partition coefficient (Wildman–Crippen LogP) is 1.24. The zero-order valence-electron chi connectivity index (χ0n) is 9.33. The second kappa shape index (κ2) is 5.22. The maximum Gasteiger partial charge on any atom is 0.401 e. The minimum Gasteiger partial charge on any atom is -0.481 e. The molecule has 1 saturated heterocycles. The summed E-state index contributed by atoms with van der Waals surface area (Å²) in [7, 11) is 0. The number of hydrogen-bond donors (Lipinski definition) is 2. The van der Waals surface area contributed by atoms with Crippen LogP contribution in [0.15, 0.2) is 0 Å². The Hall–Kier alpha value is -0.820. The van der Waals surface area contributed by atoms with Gasteiger partial charge in [-0.25, -0.2) is 0 Å². The van der Waals surface area contributed by atoms with Gasteiger partial charge in [0.05, 0.1) is 18.6 Å². The van der Waals surface area contributed by atoms with Gasteiger partial charge in [-0.05, 0) is 25.8 Å². The molecule has 0 radical (unpaired) electrons. The lowest BCUT2D eigenvalue weighted by atomic mass is 9.91. The third-order valence-corrected chi connectivity index (χ3v) is 2.89. The van der Waals surface area contributed by atoms with Crippen molar-refractivity contribution >= 4 is 5.97 Å². The lowest BCUT2D eigenvalue weighted by Gasteiger charge is -2.25. The Balaban J connectivity index is 2.52. The van der Waals surface area contributed by atoms with Crippen LogP contribution in [0.2, 0.25) is 0 Å². The zero-order chi connectivity index (χ0) is 13.1. The van der Waals surface area contributed by atoms with Gasteiger partial charge in [0.25, 0.3) is 0 Å². The van der Waals surface area contributed by atoms with Gasteiger partial charge in [-0.1, -0.05) is 0 Å². The Morgan fingerprint density at radius 1 is 1.29 bits per heavy atom. The number of hydrogen-bond acceptors (Lipinski definition) is 3. The average Bonchev–Trinajstić information content (AvgIpc) is 2.25. The molecule has 0 aromatic heterocycles. The van der Waals surface area contributed by atoms with Crippen molar-refractivity contribution in [2.24, 2.45) is 0 Å². The lowest BCUT2D eigenvalue weighted by molar-refractivity contribution is -0.148. The standard InChI is InChI=1S/C10H16F3NO3/c11-10(12,13)7-14-4-1-2-9(17,3-5-14)6-8(15)16/h17H,1-7H2,(H,15,16). The van der Waals surface area contributed by atoms with Gasteiger partial charge in [-0.15, -0.1) is 0 Å². The second-order valence-corrected chi connectivity index (χ2v) is 4.54. The smallest absolute Gasteiger partial charge is 0.401 e. The van der Waals surface area contributed by atoms with E-state index in [-0.39, 0.29) is 25.9 Å². The van der Waals surface area contributed by atoms with Crippen LogP contribution in [-0.2, 0) is 4.79 Å². The molecule has 2 N–H and O–H groups in total. The van der Waals surface area contributed by atoms with E-state index in [1.807, 2.05) is 0 Å². The van der Waals surface area contributed by atoms with E-state index in [4.69, 9.17) is 5.11 Å². The molecule has 0 bridgehead atoms. The maximum atomic E-state index is 12.2. The van der Waals surface area contributed by atoms with Crippen molar-refractivity contribution in [3.8, 4) is 0 Å². The number of halogens is 3. The molecule has 0 aliphatic carbocycles. The molecule has 0 saturated carbocycles. The van der Waals surface area contributed by atoms with Gasteiger partial charge >= 0.3 is 12.1 Å². The largest absolute Gasteiger partial charge is 0.481 e. The Morgan fingerprint density at radius 2 is 1.94 bits per heavy atom. The number of likely N-dealkylation sites (tertiary alicyclic amines) is 1. The summed E-state index contributed by atoms with van der Waals surface area (Å²) in [6.45, 7) is -0.694. The van der Waals surface area contributed by atoms with Crippen molar-refractivity contribution in [1.29, 1.82) is 0 Å². The van der Waals surface area contributed by atoms with Crippen LogP contribution in [0, 0.1) is 0 Å². The molecular weight excluding hydrogens is 239 g/mol. The van der Waals surface area contributed by atoms with Gasteiger partial charge in [-0.3, -0.25) is 9.69 Å². The summed E-state index contributed by atoms with van der Waals surface area (Å²) >= 11 is 0. The number of carboxylic acid groups (broad SMARTS) is 1. The van der Waals surface area contributed by atoms with Crippen LogP contribution in [0.25, 0.3) is 0 Å². The highest BCUT2D eigenvalue weighted by Gasteiger charge is 2.36. The van der Waals surface area contributed by atoms with Gasteiger partial charge in [0.15, 0.2) is 0 Å². The molecule has 100 valence electrons. The van der Waals surface area contributed by atoms with E-state index >= 15 is 0 Å². The summed E-state index contributed by atoms with van der Waals surface area (Å²) in [6, 6.07) is 0. The molecule has 1 unspecified atom stereocenters. The first-order valence-corrected chi connectivity index (χ1v) is 5.43. The van der Waals surface area contributed by atoms with Gasteiger partial charge in [0.1, 0.15) is 0 Å². The molecule has 1 heterocycles. The van der Waals surface area contributed by atoms with Gasteiger partial charge in [0, 0.05) is 6.54 Å². The predicted molar refractivity (Wildman–Crippen MR) is 53.5 cm³/mol. The fraction of sp³-hybridized carbons (Fsp3) is 0.900. The van der Waals surface area contributed by atoms with E-state index in [1.54, 1.807) is 0 Å². The van der Waals surface area contributed by atoms with E-state index < -0.39 is 30.7 Å². The maximum absolute atomic E-state index is 12.2. The zero-order valence-corrected chi connectivity index (χ0v) is 9.33. The van der Waals surface area contributed by atoms with Crippen molar-refractivity contribution < 1.29 is 28.2 Å². The van der Waals surface area contributed by atoms with Crippen LogP contribution in [0.3, 0.4) is 0 Å². The molecule has 7 heteroatoms. The van der Waals surface area contributed by atoms with E-state index in [0.717, 1.165) is 0 Å². The van der Waals surface area contributed by atoms with E-state index in [9.17, 15) is 23.1 Å². The molecule has 1 rings (SSSR count). The van der Waals surface area contributed by atoms with E-state index in [0.29, 0.717) is 6.42 Å². The number of nitrogens with zero attached hydrogens (tertiary/aromatic N) is 1. The third kappa shape index (κ3) is 5.36. The molecule has 0 aromatic rings. The summed E-state index contributed by atoms with van der Waals surface area (Å²) in [4.78, 5) is 11.7. The number of aliphatic hydroxyl groups is 1. The molecule has 0 amide bonds. The highest BCUT2D eigenvalue weighted by Crippen LogP contribution is 2.27. The summed E-state index contributed by atoms with van der Waals surface area (Å²) in [5, 5.41) is 18.6. The van der Waals surface area contributed by atoms with Crippen molar-refractivity contribution in [3.63, 3.8) is 0 Å². The summed E-state index contributed by atoms with van der Waals surface area (Å²) in [5.74, 6) is -1.13. The van der Waals surface area contributed by atoms with Crippen LogP contribution in [0.5, 0.6) is 0 Å². The minimum atomic E-state index is -4.25. The minimum absolute atomic E-state index is 0.0649. The highest BCUT2D eigenvalue weighted by atomic mass is 19.4. The van der Waals surface area contributed by atoms with Crippen molar-refractivity contribution in [1.82, 2.24) is 4.90 Å². The molecular formula is C10H16F3NO3. The number of aliphatic carboxylic acids is 1. The van der Waals surface area contributed by atoms with Gasteiger partial charge < -0.3 is 10.2 Å². The Bertz CT molecular complexity index is 282. The van der Waals surface area contributed by atoms with Crippen molar-refractivity contribution in [2.45, 2.75) is 37.5 Å². The molecule has 17 heavy (non-hydrogen) atoms. The fourth-order valence-corrected chi connectivity index (χ4v) is 2.10. The topological polar surface area (TPSA) is 60.8 Å². The van der Waals surface area contributed by atoms with Crippen LogP contribution in [0.1, 0.15) is 25.7 Å². The van der Waals surface area contributed by atoms with Crippen molar-refractivity contribution in [3.05, 3.63) is 0 Å². The summed E-state index contributed by atoms with van der Waals surface area (Å²) in [6.07, 6.45) is -4.00. The first-order valence-electron chi connectivity index (χ1n) is 5.43. The number of carbonyl (C=O) groups is 1. The van der Waals surface area contributed by atoms with Crippen LogP contribution in [0.4, 0.5) is 13.2 Å². The number of carboxylic acids is 1. The molecule has 1 fully saturated rings. The molecule has 1 atom stereocenters. The third-order valence-electron chi connectivity index (χ3n) is 2.89. The Kier molecular flexibility index (Phi) is 4.37. The molecule has 4 nitrogen and oxygen atoms in total. The monoisotopic (exact) mass is 255 g/mol. The Morgan fingerprint density at radius 3 is 2.47 bits per heavy atom. The molecule has 0 aromatic carbocycles. The van der Waals surface area contributed by atoms with Crippen LogP contribution >= 0.6 is 0 Å². The Labute approximate surface area is 97.0 Å². The first-order chi connectivity index (χ1) is 7.70. The lowest BCUT2D eigenvalue weighted by Crippen LogP contribution is -2.37. The van der Waals surface area contributed by atoms with Crippen LogP contribution < -0.4 is 0 Å². The molecule has 0 spiro atoms. The van der Waals surface area contributed by atoms with E-state index in [2.05, 4.69) is 0 Å². The quantitative estimate of drug-likeness (QED) is 0.796. The molecule has 1 aliphatic rings. The normalized spacial score (nSPS) is 27.8. The first kappa shape index (κ1) is 14.2. The van der Waals surface area contributed by atoms with Crippen LogP contribution in [-0.4, -0.2) is 52.5 Å². The van der Waals surface area contributed by atoms with Crippen molar-refractivity contribution in [2.75, 3.05) is 19.6 Å². The highest BCUT2D eigenvalue weighted by molar-refractivity contribution is 5.68. The average molecular weight is 255 g/mol. The molecule has 1 aliphatic heterocycles.